The molecule has 2 nitrogen and oxygen atoms in total. The molecule has 1 aromatic rings. The molecule has 1 saturated heterocycles. The third-order valence-corrected chi connectivity index (χ3v) is 4.42. The fourth-order valence-electron chi connectivity index (χ4n) is 1.83. The number of rotatable bonds is 2. The third kappa shape index (κ3) is 2.03. The summed E-state index contributed by atoms with van der Waals surface area (Å²) in [6.07, 6.45) is 2.75. The zero-order valence-corrected chi connectivity index (χ0v) is 10.5. The van der Waals surface area contributed by atoms with Gasteiger partial charge in [-0.3, -0.25) is 0 Å². The van der Waals surface area contributed by atoms with Gasteiger partial charge in [0, 0.05) is 9.85 Å². The molecule has 4 heteroatoms. The quantitative estimate of drug-likeness (QED) is 0.901. The van der Waals surface area contributed by atoms with Gasteiger partial charge in [0.1, 0.15) is 0 Å². The summed E-state index contributed by atoms with van der Waals surface area (Å²) in [4.78, 5) is 0. The van der Waals surface area contributed by atoms with Crippen molar-refractivity contribution in [3.05, 3.63) is 20.8 Å². The van der Waals surface area contributed by atoms with Gasteiger partial charge in [0.05, 0.1) is 18.2 Å². The lowest BCUT2D eigenvalue weighted by atomic mass is 10.0. The zero-order valence-electron chi connectivity index (χ0n) is 8.07. The number of hydrogen-bond acceptors (Lipinski definition) is 3. The van der Waals surface area contributed by atoms with Crippen LogP contribution in [-0.4, -0.2) is 12.2 Å². The van der Waals surface area contributed by atoms with Crippen molar-refractivity contribution in [1.82, 2.24) is 0 Å². The first-order valence-corrected chi connectivity index (χ1v) is 6.54. The second-order valence-electron chi connectivity index (χ2n) is 3.76. The topological polar surface area (TPSA) is 35.2 Å². The van der Waals surface area contributed by atoms with Gasteiger partial charge in [0.15, 0.2) is 0 Å². The van der Waals surface area contributed by atoms with Crippen LogP contribution in [0.4, 0.5) is 0 Å². The molecule has 2 N–H and O–H groups in total. The number of nitrogens with two attached hydrogens (primary N) is 1. The van der Waals surface area contributed by atoms with Gasteiger partial charge in [0.25, 0.3) is 0 Å². The lowest BCUT2D eigenvalue weighted by molar-refractivity contribution is 0.0401. The van der Waals surface area contributed by atoms with Crippen LogP contribution in [0.3, 0.4) is 0 Å². The first-order chi connectivity index (χ1) is 6.68. The summed E-state index contributed by atoms with van der Waals surface area (Å²) in [6, 6.07) is 0.0144. The minimum absolute atomic E-state index is 0.0144. The van der Waals surface area contributed by atoms with Crippen molar-refractivity contribution in [2.24, 2.45) is 5.73 Å². The van der Waals surface area contributed by atoms with Crippen molar-refractivity contribution < 1.29 is 4.74 Å². The number of halogens is 1. The highest BCUT2D eigenvalue weighted by Gasteiger charge is 2.29. The van der Waals surface area contributed by atoms with E-state index in [4.69, 9.17) is 10.5 Å². The Morgan fingerprint density at radius 1 is 1.57 bits per heavy atom. The molecule has 0 radical (unpaired) electrons. The predicted octanol–water partition coefficient (Wildman–Crippen LogP) is 3.08. The normalized spacial score (nSPS) is 29.4. The number of ether oxygens (including phenoxy) is 1. The van der Waals surface area contributed by atoms with E-state index in [9.17, 15) is 0 Å². The monoisotopic (exact) mass is 275 g/mol. The molecule has 1 aromatic heterocycles. The van der Waals surface area contributed by atoms with Crippen LogP contribution < -0.4 is 5.73 Å². The molecular weight excluding hydrogens is 262 g/mol. The molecule has 1 aliphatic heterocycles. The van der Waals surface area contributed by atoms with Crippen molar-refractivity contribution in [1.29, 1.82) is 0 Å². The first kappa shape index (κ1) is 10.6. The zero-order chi connectivity index (χ0) is 10.1. The van der Waals surface area contributed by atoms with Gasteiger partial charge in [-0.2, -0.15) is 11.3 Å². The molecule has 2 heterocycles. The molecule has 0 aromatic carbocycles. The van der Waals surface area contributed by atoms with Crippen LogP contribution in [0.1, 0.15) is 31.4 Å². The predicted molar refractivity (Wildman–Crippen MR) is 62.5 cm³/mol. The van der Waals surface area contributed by atoms with E-state index in [0.29, 0.717) is 6.10 Å². The van der Waals surface area contributed by atoms with Crippen molar-refractivity contribution in [3.63, 3.8) is 0 Å². The summed E-state index contributed by atoms with van der Waals surface area (Å²) in [5, 5.41) is 4.16. The van der Waals surface area contributed by atoms with Crippen LogP contribution in [0.25, 0.3) is 0 Å². The Morgan fingerprint density at radius 3 is 2.86 bits per heavy atom. The van der Waals surface area contributed by atoms with Gasteiger partial charge in [-0.25, -0.2) is 0 Å². The summed E-state index contributed by atoms with van der Waals surface area (Å²) in [7, 11) is 0. The molecule has 0 aliphatic carbocycles. The molecule has 0 amide bonds. The molecule has 78 valence electrons. The van der Waals surface area contributed by atoms with Gasteiger partial charge < -0.3 is 10.5 Å². The summed E-state index contributed by atoms with van der Waals surface area (Å²) in [5.74, 6) is 0. The van der Waals surface area contributed by atoms with Gasteiger partial charge in [-0.15, -0.1) is 0 Å². The average Bonchev–Trinajstić information content (AvgIpc) is 2.73. The Bertz CT molecular complexity index is 315. The molecule has 2 rings (SSSR count). The molecule has 14 heavy (non-hydrogen) atoms. The van der Waals surface area contributed by atoms with Crippen LogP contribution >= 0.6 is 27.3 Å². The van der Waals surface area contributed by atoms with Crippen LogP contribution in [0.15, 0.2) is 15.2 Å². The molecule has 0 bridgehead atoms. The van der Waals surface area contributed by atoms with E-state index in [1.165, 1.54) is 5.56 Å². The van der Waals surface area contributed by atoms with E-state index in [-0.39, 0.29) is 12.1 Å². The van der Waals surface area contributed by atoms with E-state index < -0.39 is 0 Å². The third-order valence-electron chi connectivity index (χ3n) is 2.67. The second kappa shape index (κ2) is 4.31. The summed E-state index contributed by atoms with van der Waals surface area (Å²) < 4.78 is 6.87. The van der Waals surface area contributed by atoms with Crippen molar-refractivity contribution >= 4 is 27.3 Å². The fourth-order valence-corrected chi connectivity index (χ4v) is 3.44. The Balaban J connectivity index is 2.09. The molecule has 1 fully saturated rings. The molecule has 0 spiro atoms. The first-order valence-electron chi connectivity index (χ1n) is 4.81. The standard InChI is InChI=1S/C10H14BrNOS/c1-6-2-3-9(13-6)10(12)7-4-14-5-8(7)11/h4-6,9-10H,2-3,12H2,1H3. The van der Waals surface area contributed by atoms with E-state index in [1.807, 2.05) is 0 Å². The summed E-state index contributed by atoms with van der Waals surface area (Å²) in [5.41, 5.74) is 7.33. The lowest BCUT2D eigenvalue weighted by Gasteiger charge is -2.19. The largest absolute Gasteiger partial charge is 0.373 e. The number of hydrogen-bond donors (Lipinski definition) is 1. The Morgan fingerprint density at radius 2 is 2.36 bits per heavy atom. The van der Waals surface area contributed by atoms with Gasteiger partial charge >= 0.3 is 0 Å². The molecular formula is C10H14BrNOS. The fraction of sp³-hybridized carbons (Fsp3) is 0.600. The Kier molecular flexibility index (Phi) is 3.27. The van der Waals surface area contributed by atoms with Crippen LogP contribution in [0.5, 0.6) is 0 Å². The van der Waals surface area contributed by atoms with E-state index >= 15 is 0 Å². The van der Waals surface area contributed by atoms with Crippen molar-refractivity contribution in [3.8, 4) is 0 Å². The van der Waals surface area contributed by atoms with Gasteiger partial charge in [-0.05, 0) is 46.6 Å². The van der Waals surface area contributed by atoms with Crippen LogP contribution in [0.2, 0.25) is 0 Å². The summed E-state index contributed by atoms with van der Waals surface area (Å²) in [6.45, 7) is 2.11. The van der Waals surface area contributed by atoms with Gasteiger partial charge in [-0.1, -0.05) is 0 Å². The Hall–Kier alpha value is 0.1000. The molecule has 3 atom stereocenters. The lowest BCUT2D eigenvalue weighted by Crippen LogP contribution is -2.26. The molecule has 0 saturated carbocycles. The van der Waals surface area contributed by atoms with Gasteiger partial charge in [0.2, 0.25) is 0 Å². The van der Waals surface area contributed by atoms with Crippen LogP contribution in [-0.2, 0) is 4.74 Å². The van der Waals surface area contributed by atoms with Crippen molar-refractivity contribution in [2.75, 3.05) is 0 Å². The highest BCUT2D eigenvalue weighted by molar-refractivity contribution is 9.10. The smallest absolute Gasteiger partial charge is 0.0772 e. The SMILES string of the molecule is CC1CCC(C(N)c2cscc2Br)O1. The summed E-state index contributed by atoms with van der Waals surface area (Å²) >= 11 is 5.18. The minimum atomic E-state index is 0.0144. The van der Waals surface area contributed by atoms with E-state index in [0.717, 1.165) is 17.3 Å². The molecule has 3 unspecified atom stereocenters. The highest BCUT2D eigenvalue weighted by atomic mass is 79.9. The maximum absolute atomic E-state index is 6.16. The maximum atomic E-state index is 6.16. The highest BCUT2D eigenvalue weighted by Crippen LogP contribution is 2.33. The Labute approximate surface area is 96.6 Å². The van der Waals surface area contributed by atoms with Crippen molar-refractivity contribution in [2.45, 2.75) is 38.0 Å². The van der Waals surface area contributed by atoms with Crippen LogP contribution in [0, 0.1) is 0 Å². The number of thiophene rings is 1. The molecule has 1 aliphatic rings. The van der Waals surface area contributed by atoms with E-state index in [1.54, 1.807) is 11.3 Å². The average molecular weight is 276 g/mol. The maximum Gasteiger partial charge on any atom is 0.0772 e. The van der Waals surface area contributed by atoms with E-state index in [2.05, 4.69) is 33.6 Å². The minimum Gasteiger partial charge on any atom is -0.373 e. The second-order valence-corrected chi connectivity index (χ2v) is 5.36.